The average Bonchev–Trinajstić information content (AvgIpc) is 3.29. The molecule has 2 aromatic carbocycles. The number of rotatable bonds is 7. The van der Waals surface area contributed by atoms with Crippen molar-refractivity contribution in [3.63, 3.8) is 0 Å². The number of anilines is 1. The van der Waals surface area contributed by atoms with Gasteiger partial charge in [0.25, 0.3) is 5.91 Å². The van der Waals surface area contributed by atoms with Gasteiger partial charge in [-0.15, -0.1) is 10.2 Å². The highest BCUT2D eigenvalue weighted by Gasteiger charge is 2.16. The number of hydrogen-bond acceptors (Lipinski definition) is 8. The lowest BCUT2D eigenvalue weighted by molar-refractivity contribution is 0.102. The first-order valence-corrected chi connectivity index (χ1v) is 10.3. The van der Waals surface area contributed by atoms with Crippen molar-refractivity contribution in [1.82, 2.24) is 20.2 Å². The maximum absolute atomic E-state index is 12.7. The molecule has 1 N–H and O–H groups in total. The number of carbonyl (C=O) groups excluding carboxylic acids is 1. The highest BCUT2D eigenvalue weighted by molar-refractivity contribution is 7.18. The lowest BCUT2D eigenvalue weighted by atomic mass is 10.1. The number of methoxy groups -OCH3 is 1. The lowest BCUT2D eigenvalue weighted by Gasteiger charge is -2.17. The van der Waals surface area contributed by atoms with Crippen LogP contribution in [0, 0.1) is 0 Å². The molecule has 0 bridgehead atoms. The Hall–Kier alpha value is -3.85. The number of ether oxygens (including phenoxy) is 2. The molecule has 1 atom stereocenters. The van der Waals surface area contributed by atoms with Crippen molar-refractivity contribution in [1.29, 1.82) is 0 Å². The van der Waals surface area contributed by atoms with Crippen LogP contribution in [0.5, 0.6) is 11.5 Å². The van der Waals surface area contributed by atoms with Gasteiger partial charge in [-0.25, -0.2) is 9.97 Å². The van der Waals surface area contributed by atoms with Gasteiger partial charge in [-0.2, -0.15) is 0 Å². The molecule has 0 aliphatic rings. The molecule has 8 nitrogen and oxygen atoms in total. The van der Waals surface area contributed by atoms with Crippen LogP contribution in [-0.2, 0) is 0 Å². The standard InChI is InChI=1S/C22H19N5O3S/c1-14(15-6-4-3-5-7-15)30-18-9-8-16(12-19(18)29-2)20(28)25-22-27-26-21(31-22)17-10-11-23-13-24-17/h3-14H,1-2H3,(H,25,27,28). The van der Waals surface area contributed by atoms with Crippen LogP contribution in [0.2, 0.25) is 0 Å². The predicted octanol–water partition coefficient (Wildman–Crippen LogP) is 4.40. The second-order valence-corrected chi connectivity index (χ2v) is 7.48. The Morgan fingerprint density at radius 2 is 1.90 bits per heavy atom. The van der Waals surface area contributed by atoms with Gasteiger partial charge in [-0.05, 0) is 36.8 Å². The van der Waals surface area contributed by atoms with Crippen LogP contribution in [0.25, 0.3) is 10.7 Å². The molecule has 1 amide bonds. The van der Waals surface area contributed by atoms with Gasteiger partial charge < -0.3 is 9.47 Å². The molecule has 1 unspecified atom stereocenters. The van der Waals surface area contributed by atoms with E-state index in [0.717, 1.165) is 5.56 Å². The third-order valence-corrected chi connectivity index (χ3v) is 5.31. The lowest BCUT2D eigenvalue weighted by Crippen LogP contribution is -2.12. The maximum atomic E-state index is 12.7. The molecule has 2 aromatic heterocycles. The van der Waals surface area contributed by atoms with Gasteiger partial charge in [0.2, 0.25) is 5.13 Å². The maximum Gasteiger partial charge on any atom is 0.257 e. The third kappa shape index (κ3) is 4.84. The molecule has 2 heterocycles. The van der Waals surface area contributed by atoms with E-state index in [1.165, 1.54) is 24.8 Å². The van der Waals surface area contributed by atoms with Crippen LogP contribution < -0.4 is 14.8 Å². The first-order chi connectivity index (χ1) is 15.1. The van der Waals surface area contributed by atoms with Gasteiger partial charge in [-0.1, -0.05) is 41.7 Å². The largest absolute Gasteiger partial charge is 0.493 e. The van der Waals surface area contributed by atoms with E-state index in [4.69, 9.17) is 9.47 Å². The van der Waals surface area contributed by atoms with Crippen molar-refractivity contribution in [2.75, 3.05) is 12.4 Å². The molecule has 0 saturated carbocycles. The highest BCUT2D eigenvalue weighted by atomic mass is 32.1. The van der Waals surface area contributed by atoms with E-state index in [0.29, 0.717) is 32.9 Å². The highest BCUT2D eigenvalue weighted by Crippen LogP contribution is 2.32. The molecule has 0 radical (unpaired) electrons. The fraction of sp³-hybridized carbons (Fsp3) is 0.136. The number of hydrogen-bond donors (Lipinski definition) is 1. The quantitative estimate of drug-likeness (QED) is 0.461. The summed E-state index contributed by atoms with van der Waals surface area (Å²) in [5.74, 6) is 0.693. The Morgan fingerprint density at radius 3 is 2.65 bits per heavy atom. The average molecular weight is 433 g/mol. The van der Waals surface area contributed by atoms with Crippen LogP contribution in [-0.4, -0.2) is 33.2 Å². The summed E-state index contributed by atoms with van der Waals surface area (Å²) in [5.41, 5.74) is 2.10. The first kappa shape index (κ1) is 20.4. The molecule has 4 aromatic rings. The summed E-state index contributed by atoms with van der Waals surface area (Å²) in [4.78, 5) is 20.7. The summed E-state index contributed by atoms with van der Waals surface area (Å²) in [6.07, 6.45) is 2.89. The van der Waals surface area contributed by atoms with Gasteiger partial charge in [0.1, 0.15) is 18.1 Å². The predicted molar refractivity (Wildman–Crippen MR) is 117 cm³/mol. The molecule has 156 valence electrons. The minimum atomic E-state index is -0.327. The molecule has 0 fully saturated rings. The second-order valence-electron chi connectivity index (χ2n) is 6.50. The molecule has 4 rings (SSSR count). The van der Waals surface area contributed by atoms with E-state index in [-0.39, 0.29) is 12.0 Å². The number of benzene rings is 2. The van der Waals surface area contributed by atoms with Crippen molar-refractivity contribution in [2.24, 2.45) is 0 Å². The van der Waals surface area contributed by atoms with Crippen molar-refractivity contribution in [3.05, 3.63) is 78.2 Å². The van der Waals surface area contributed by atoms with Crippen LogP contribution in [0.3, 0.4) is 0 Å². The molecule has 31 heavy (non-hydrogen) atoms. The van der Waals surface area contributed by atoms with Crippen LogP contribution in [0.4, 0.5) is 5.13 Å². The molecule has 0 aliphatic heterocycles. The zero-order valence-corrected chi connectivity index (χ0v) is 17.7. The SMILES string of the molecule is COc1cc(C(=O)Nc2nnc(-c3ccncn3)s2)ccc1OC(C)c1ccccc1. The number of amides is 1. The minimum Gasteiger partial charge on any atom is -0.493 e. The van der Waals surface area contributed by atoms with E-state index in [2.05, 4.69) is 25.5 Å². The Labute approximate surface area is 182 Å². The monoisotopic (exact) mass is 433 g/mol. The van der Waals surface area contributed by atoms with Crippen molar-refractivity contribution >= 4 is 22.4 Å². The van der Waals surface area contributed by atoms with Crippen molar-refractivity contribution in [2.45, 2.75) is 13.0 Å². The van der Waals surface area contributed by atoms with Gasteiger partial charge in [0.15, 0.2) is 16.5 Å². The van der Waals surface area contributed by atoms with E-state index in [9.17, 15) is 4.79 Å². The zero-order chi connectivity index (χ0) is 21.6. The van der Waals surface area contributed by atoms with Gasteiger partial charge in [-0.3, -0.25) is 10.1 Å². The summed E-state index contributed by atoms with van der Waals surface area (Å²) < 4.78 is 11.5. The van der Waals surface area contributed by atoms with Crippen LogP contribution in [0.1, 0.15) is 28.9 Å². The van der Waals surface area contributed by atoms with Crippen molar-refractivity contribution in [3.8, 4) is 22.2 Å². The minimum absolute atomic E-state index is 0.170. The summed E-state index contributed by atoms with van der Waals surface area (Å²) in [6.45, 7) is 1.96. The molecular weight excluding hydrogens is 414 g/mol. The summed E-state index contributed by atoms with van der Waals surface area (Å²) in [7, 11) is 1.54. The van der Waals surface area contributed by atoms with E-state index < -0.39 is 0 Å². The van der Waals surface area contributed by atoms with Gasteiger partial charge in [0, 0.05) is 11.8 Å². The summed E-state index contributed by atoms with van der Waals surface area (Å²) >= 11 is 1.23. The summed E-state index contributed by atoms with van der Waals surface area (Å²) in [6, 6.07) is 16.6. The fourth-order valence-electron chi connectivity index (χ4n) is 2.85. The number of aromatic nitrogens is 4. The number of nitrogens with one attached hydrogen (secondary N) is 1. The second kappa shape index (κ2) is 9.31. The number of carbonyl (C=O) groups is 1. The zero-order valence-electron chi connectivity index (χ0n) is 16.9. The Bertz CT molecular complexity index is 1170. The van der Waals surface area contributed by atoms with Crippen molar-refractivity contribution < 1.29 is 14.3 Å². The Kier molecular flexibility index (Phi) is 6.13. The fourth-order valence-corrected chi connectivity index (χ4v) is 3.57. The first-order valence-electron chi connectivity index (χ1n) is 9.45. The van der Waals surface area contributed by atoms with Crippen LogP contribution in [0.15, 0.2) is 67.1 Å². The van der Waals surface area contributed by atoms with E-state index >= 15 is 0 Å². The number of nitrogens with zero attached hydrogens (tertiary/aromatic N) is 4. The topological polar surface area (TPSA) is 99.1 Å². The van der Waals surface area contributed by atoms with E-state index in [1.54, 1.807) is 30.5 Å². The molecule has 0 aliphatic carbocycles. The van der Waals surface area contributed by atoms with Crippen LogP contribution >= 0.6 is 11.3 Å². The Balaban J connectivity index is 1.47. The Morgan fingerprint density at radius 1 is 1.06 bits per heavy atom. The normalized spacial score (nSPS) is 11.5. The molecular formula is C22H19N5O3S. The smallest absolute Gasteiger partial charge is 0.257 e. The molecule has 0 spiro atoms. The van der Waals surface area contributed by atoms with E-state index in [1.807, 2.05) is 37.3 Å². The van der Waals surface area contributed by atoms with Gasteiger partial charge >= 0.3 is 0 Å². The molecule has 9 heteroatoms. The molecule has 0 saturated heterocycles. The third-order valence-electron chi connectivity index (χ3n) is 4.45. The van der Waals surface area contributed by atoms with Gasteiger partial charge in [0.05, 0.1) is 7.11 Å². The summed E-state index contributed by atoms with van der Waals surface area (Å²) in [5, 5.41) is 11.8.